The van der Waals surface area contributed by atoms with Crippen LogP contribution in [0.3, 0.4) is 0 Å². The number of ether oxygens (including phenoxy) is 4. The molecule has 0 unspecified atom stereocenters. The van der Waals surface area contributed by atoms with Crippen LogP contribution in [0.1, 0.15) is 0 Å². The van der Waals surface area contributed by atoms with Crippen molar-refractivity contribution in [3.8, 4) is 78.6 Å². The molecule has 0 saturated heterocycles. The van der Waals surface area contributed by atoms with Crippen molar-refractivity contribution < 1.29 is 18.9 Å². The van der Waals surface area contributed by atoms with E-state index < -0.39 is 0 Å². The van der Waals surface area contributed by atoms with Crippen LogP contribution in [0.15, 0.2) is 135 Å². The number of hydrogen-bond acceptors (Lipinski definition) is 8. The van der Waals surface area contributed by atoms with Crippen LogP contribution in [0.4, 0.5) is 0 Å². The molecule has 8 nitrogen and oxygen atoms in total. The van der Waals surface area contributed by atoms with Crippen molar-refractivity contribution in [1.29, 1.82) is 0 Å². The topological polar surface area (TPSA) is 88.5 Å². The fraction of sp³-hybridized carbons (Fsp3) is 0.0909. The third-order valence-corrected chi connectivity index (χ3v) is 9.42. The van der Waals surface area contributed by atoms with E-state index in [1.807, 2.05) is 73.3 Å². The monoisotopic (exact) mass is 682 g/mol. The third-order valence-electron chi connectivity index (χ3n) is 9.42. The van der Waals surface area contributed by atoms with Gasteiger partial charge in [0.1, 0.15) is 23.0 Å². The first-order chi connectivity index (χ1) is 25.7. The standard InChI is InChI=1S/C44H34N4O4/c1-49-37-15-13-31(27-9-5-17-45-23-27)41-39(37)33(29-11-7-19-47-25-29)21-35(43(41)51-3)36-22-34(30-12-8-20-48-26-30)40-38(50-2)16-14-32(42(40)44(36)52-4)28-10-6-18-46-24-28/h5-26H,1-4H3. The van der Waals surface area contributed by atoms with Gasteiger partial charge in [-0.3, -0.25) is 19.9 Å². The summed E-state index contributed by atoms with van der Waals surface area (Å²) >= 11 is 0. The highest BCUT2D eigenvalue weighted by Crippen LogP contribution is 2.54. The SMILES string of the molecule is COc1ccc(-c2cccnc2)c2c(OC)c(-c3cc(-c4cccnc4)c4c(OC)ccc(-c5cccnc5)c4c3OC)cc(-c3cccnc3)c12. The van der Waals surface area contributed by atoms with Crippen molar-refractivity contribution in [3.63, 3.8) is 0 Å². The molecule has 0 saturated carbocycles. The summed E-state index contributed by atoms with van der Waals surface area (Å²) in [5.74, 6) is 2.72. The van der Waals surface area contributed by atoms with Crippen molar-refractivity contribution in [1.82, 2.24) is 19.9 Å². The molecule has 0 aliphatic rings. The van der Waals surface area contributed by atoms with Gasteiger partial charge in [-0.05, 0) is 82.9 Å². The highest BCUT2D eigenvalue weighted by atomic mass is 16.5. The zero-order valence-electron chi connectivity index (χ0n) is 29.1. The lowest BCUT2D eigenvalue weighted by atomic mass is 9.85. The normalized spacial score (nSPS) is 11.1. The lowest BCUT2D eigenvalue weighted by Crippen LogP contribution is -2.00. The van der Waals surface area contributed by atoms with Gasteiger partial charge in [-0.25, -0.2) is 0 Å². The maximum Gasteiger partial charge on any atom is 0.135 e. The van der Waals surface area contributed by atoms with E-state index in [9.17, 15) is 0 Å². The van der Waals surface area contributed by atoms with Crippen LogP contribution in [0.25, 0.3) is 77.2 Å². The van der Waals surface area contributed by atoms with Crippen LogP contribution in [-0.2, 0) is 0 Å². The Morgan fingerprint density at radius 1 is 0.346 bits per heavy atom. The highest BCUT2D eigenvalue weighted by Gasteiger charge is 2.27. The van der Waals surface area contributed by atoms with Gasteiger partial charge < -0.3 is 18.9 Å². The predicted molar refractivity (Wildman–Crippen MR) is 206 cm³/mol. The molecule has 0 bridgehead atoms. The Morgan fingerprint density at radius 3 is 0.981 bits per heavy atom. The number of pyridine rings is 4. The van der Waals surface area contributed by atoms with E-state index in [1.54, 1.807) is 53.2 Å². The van der Waals surface area contributed by atoms with Crippen LogP contribution in [0, 0.1) is 0 Å². The molecular formula is C44H34N4O4. The molecule has 4 heterocycles. The Morgan fingerprint density at radius 2 is 0.692 bits per heavy atom. The zero-order chi connectivity index (χ0) is 35.6. The second-order valence-electron chi connectivity index (χ2n) is 12.1. The van der Waals surface area contributed by atoms with E-state index >= 15 is 0 Å². The lowest BCUT2D eigenvalue weighted by molar-refractivity contribution is 0.413. The molecular weight excluding hydrogens is 649 g/mol. The molecule has 0 fully saturated rings. The molecule has 52 heavy (non-hydrogen) atoms. The van der Waals surface area contributed by atoms with Gasteiger partial charge in [0, 0.05) is 105 Å². The van der Waals surface area contributed by atoms with Gasteiger partial charge in [-0.1, -0.05) is 24.3 Å². The molecule has 0 radical (unpaired) electrons. The number of aromatic nitrogens is 4. The Labute approximate surface area is 301 Å². The van der Waals surface area contributed by atoms with Crippen molar-refractivity contribution in [2.45, 2.75) is 0 Å². The van der Waals surface area contributed by atoms with E-state index in [1.165, 1.54) is 0 Å². The molecule has 0 aliphatic carbocycles. The highest BCUT2D eigenvalue weighted by molar-refractivity contribution is 6.18. The molecule has 4 aromatic carbocycles. The summed E-state index contributed by atoms with van der Waals surface area (Å²) in [7, 11) is 6.78. The molecule has 0 atom stereocenters. The molecule has 0 aliphatic heterocycles. The van der Waals surface area contributed by atoms with Gasteiger partial charge in [0.05, 0.1) is 28.4 Å². The Kier molecular flexibility index (Phi) is 8.63. The summed E-state index contributed by atoms with van der Waals surface area (Å²) in [6.45, 7) is 0. The largest absolute Gasteiger partial charge is 0.496 e. The molecule has 8 rings (SSSR count). The maximum absolute atomic E-state index is 6.49. The second-order valence-corrected chi connectivity index (χ2v) is 12.1. The van der Waals surface area contributed by atoms with Crippen molar-refractivity contribution >= 4 is 21.5 Å². The van der Waals surface area contributed by atoms with Crippen molar-refractivity contribution in [3.05, 3.63) is 135 Å². The Balaban J connectivity index is 1.61. The minimum Gasteiger partial charge on any atom is -0.496 e. The molecule has 254 valence electrons. The molecule has 0 N–H and O–H groups in total. The first-order valence-corrected chi connectivity index (χ1v) is 16.7. The second kappa shape index (κ2) is 13.8. The third kappa shape index (κ3) is 5.41. The van der Waals surface area contributed by atoms with Gasteiger partial charge in [0.2, 0.25) is 0 Å². The Hall–Kier alpha value is -6.80. The van der Waals surface area contributed by atoms with E-state index in [4.69, 9.17) is 18.9 Å². The van der Waals surface area contributed by atoms with E-state index in [-0.39, 0.29) is 0 Å². The fourth-order valence-corrected chi connectivity index (χ4v) is 7.20. The quantitative estimate of drug-likeness (QED) is 0.149. The van der Waals surface area contributed by atoms with Crippen LogP contribution in [0.5, 0.6) is 23.0 Å². The van der Waals surface area contributed by atoms with E-state index in [0.29, 0.717) is 23.0 Å². The van der Waals surface area contributed by atoms with Crippen molar-refractivity contribution in [2.75, 3.05) is 28.4 Å². The molecule has 4 aromatic heterocycles. The van der Waals surface area contributed by atoms with E-state index in [0.717, 1.165) is 77.2 Å². The van der Waals surface area contributed by atoms with E-state index in [2.05, 4.69) is 56.3 Å². The first-order valence-electron chi connectivity index (χ1n) is 16.7. The Bertz CT molecular complexity index is 2370. The minimum absolute atomic E-state index is 0.654. The first kappa shape index (κ1) is 32.4. The number of fused-ring (bicyclic) bond motifs is 2. The molecule has 8 aromatic rings. The smallest absolute Gasteiger partial charge is 0.135 e. The summed E-state index contributed by atoms with van der Waals surface area (Å²) in [6.07, 6.45) is 14.5. The summed E-state index contributed by atoms with van der Waals surface area (Å²) in [5.41, 5.74) is 9.07. The summed E-state index contributed by atoms with van der Waals surface area (Å²) in [5, 5.41) is 3.52. The molecule has 0 spiro atoms. The van der Waals surface area contributed by atoms with Gasteiger partial charge in [0.15, 0.2) is 0 Å². The fourth-order valence-electron chi connectivity index (χ4n) is 7.20. The molecule has 8 heteroatoms. The number of methoxy groups -OCH3 is 4. The summed E-state index contributed by atoms with van der Waals surface area (Å²) in [6, 6.07) is 28.3. The zero-order valence-corrected chi connectivity index (χ0v) is 29.1. The van der Waals surface area contributed by atoms with Crippen LogP contribution in [-0.4, -0.2) is 48.4 Å². The van der Waals surface area contributed by atoms with Crippen LogP contribution in [0.2, 0.25) is 0 Å². The lowest BCUT2D eigenvalue weighted by Gasteiger charge is -2.24. The average molecular weight is 683 g/mol. The van der Waals surface area contributed by atoms with Gasteiger partial charge >= 0.3 is 0 Å². The van der Waals surface area contributed by atoms with Crippen LogP contribution < -0.4 is 18.9 Å². The summed E-state index contributed by atoms with van der Waals surface area (Å²) < 4.78 is 25.1. The molecule has 0 amide bonds. The minimum atomic E-state index is 0.654. The number of hydrogen-bond donors (Lipinski definition) is 0. The van der Waals surface area contributed by atoms with Gasteiger partial charge in [0.25, 0.3) is 0 Å². The number of nitrogens with zero attached hydrogens (tertiary/aromatic N) is 4. The average Bonchev–Trinajstić information content (AvgIpc) is 3.22. The number of rotatable bonds is 9. The van der Waals surface area contributed by atoms with Gasteiger partial charge in [-0.15, -0.1) is 0 Å². The predicted octanol–water partition coefficient (Wildman–Crippen LogP) is 9.94. The van der Waals surface area contributed by atoms with Gasteiger partial charge in [-0.2, -0.15) is 0 Å². The summed E-state index contributed by atoms with van der Waals surface area (Å²) in [4.78, 5) is 17.9. The van der Waals surface area contributed by atoms with Crippen molar-refractivity contribution in [2.24, 2.45) is 0 Å². The number of benzene rings is 4. The van der Waals surface area contributed by atoms with Crippen LogP contribution >= 0.6 is 0 Å². The maximum atomic E-state index is 6.49.